The first-order valence-electron chi connectivity index (χ1n) is 10.8. The Labute approximate surface area is 196 Å². The van der Waals surface area contributed by atoms with E-state index in [2.05, 4.69) is 26.9 Å². The van der Waals surface area contributed by atoms with Gasteiger partial charge in [0.25, 0.3) is 11.8 Å². The molecule has 0 aliphatic carbocycles. The number of carbonyl (C=O) groups is 2. The topological polar surface area (TPSA) is 116 Å². The van der Waals surface area contributed by atoms with E-state index in [1.807, 2.05) is 32.9 Å². The summed E-state index contributed by atoms with van der Waals surface area (Å²) in [6, 6.07) is 11.0. The van der Waals surface area contributed by atoms with Gasteiger partial charge < -0.3 is 19.8 Å². The lowest BCUT2D eigenvalue weighted by atomic mass is 10.1. The molecule has 0 aliphatic rings. The second-order valence-electron chi connectivity index (χ2n) is 7.80. The van der Waals surface area contributed by atoms with Gasteiger partial charge >= 0.3 is 0 Å². The highest BCUT2D eigenvalue weighted by Crippen LogP contribution is 2.18. The molecular formula is C24H26N6O4. The first kappa shape index (κ1) is 22.8. The van der Waals surface area contributed by atoms with Crippen LogP contribution < -0.4 is 15.4 Å². The van der Waals surface area contributed by atoms with Crippen molar-refractivity contribution in [3.05, 3.63) is 83.3 Å². The minimum atomic E-state index is -0.458. The summed E-state index contributed by atoms with van der Waals surface area (Å²) in [6.45, 7) is 6.80. The number of aryl methyl sites for hydroxylation is 3. The summed E-state index contributed by atoms with van der Waals surface area (Å²) < 4.78 is 14.1. The summed E-state index contributed by atoms with van der Waals surface area (Å²) >= 11 is 0. The van der Waals surface area contributed by atoms with Crippen molar-refractivity contribution in [1.82, 2.24) is 24.9 Å². The standard InChI is InChI=1S/C24H26N6O4/c1-4-29-14-21(22(28-29)24(32)25-13-18-6-5-9-33-18)26-23(31)20-7-8-30(27-20)15-34-19-11-16(2)10-17(3)12-19/h5-12,14H,4,13,15H2,1-3H3,(H,25,32)(H,26,31). The molecule has 0 aliphatic heterocycles. The van der Waals surface area contributed by atoms with Crippen molar-refractivity contribution in [2.24, 2.45) is 0 Å². The highest BCUT2D eigenvalue weighted by molar-refractivity contribution is 6.07. The van der Waals surface area contributed by atoms with Crippen molar-refractivity contribution < 1.29 is 18.7 Å². The zero-order valence-corrected chi connectivity index (χ0v) is 19.2. The molecule has 176 valence electrons. The average molecular weight is 463 g/mol. The molecule has 0 unspecified atom stereocenters. The van der Waals surface area contributed by atoms with Crippen LogP contribution in [0.25, 0.3) is 0 Å². The second kappa shape index (κ2) is 10.1. The molecule has 3 aromatic heterocycles. The van der Waals surface area contributed by atoms with Crippen molar-refractivity contribution in [2.45, 2.75) is 40.6 Å². The summed E-state index contributed by atoms with van der Waals surface area (Å²) in [4.78, 5) is 25.5. The van der Waals surface area contributed by atoms with Gasteiger partial charge in [0.1, 0.15) is 11.5 Å². The number of nitrogens with zero attached hydrogens (tertiary/aromatic N) is 4. The summed E-state index contributed by atoms with van der Waals surface area (Å²) in [5.74, 6) is 0.464. The van der Waals surface area contributed by atoms with Crippen LogP contribution >= 0.6 is 0 Å². The van der Waals surface area contributed by atoms with Crippen molar-refractivity contribution in [3.63, 3.8) is 0 Å². The quantitative estimate of drug-likeness (QED) is 0.393. The smallest absolute Gasteiger partial charge is 0.276 e. The fraction of sp³-hybridized carbons (Fsp3) is 0.250. The Kier molecular flexibility index (Phi) is 6.77. The highest BCUT2D eigenvalue weighted by atomic mass is 16.5. The predicted molar refractivity (Wildman–Crippen MR) is 125 cm³/mol. The number of aromatic nitrogens is 4. The normalized spacial score (nSPS) is 10.8. The van der Waals surface area contributed by atoms with E-state index in [1.54, 1.807) is 35.3 Å². The van der Waals surface area contributed by atoms with E-state index in [-0.39, 0.29) is 24.7 Å². The number of furan rings is 1. The molecule has 34 heavy (non-hydrogen) atoms. The van der Waals surface area contributed by atoms with Gasteiger partial charge in [-0.2, -0.15) is 10.2 Å². The van der Waals surface area contributed by atoms with Gasteiger partial charge in [-0.3, -0.25) is 14.3 Å². The number of amides is 2. The molecule has 0 fully saturated rings. The van der Waals surface area contributed by atoms with E-state index >= 15 is 0 Å². The molecule has 4 rings (SSSR count). The number of nitrogens with one attached hydrogen (secondary N) is 2. The minimum absolute atomic E-state index is 0.110. The number of rotatable bonds is 9. The Morgan fingerprint density at radius 2 is 1.85 bits per heavy atom. The average Bonchev–Trinajstić information content (AvgIpc) is 3.56. The zero-order valence-electron chi connectivity index (χ0n) is 19.2. The number of ether oxygens (including phenoxy) is 1. The third-order valence-corrected chi connectivity index (χ3v) is 4.98. The lowest BCUT2D eigenvalue weighted by Crippen LogP contribution is -2.25. The van der Waals surface area contributed by atoms with Crippen LogP contribution in [0.15, 0.2) is 59.5 Å². The van der Waals surface area contributed by atoms with E-state index in [1.165, 1.54) is 10.9 Å². The van der Waals surface area contributed by atoms with E-state index < -0.39 is 11.8 Å². The highest BCUT2D eigenvalue weighted by Gasteiger charge is 2.20. The van der Waals surface area contributed by atoms with Gasteiger partial charge in [0.05, 0.1) is 18.5 Å². The first-order valence-corrected chi connectivity index (χ1v) is 10.8. The van der Waals surface area contributed by atoms with Crippen LogP contribution in [0.4, 0.5) is 5.69 Å². The predicted octanol–water partition coefficient (Wildman–Crippen LogP) is 3.53. The van der Waals surface area contributed by atoms with Crippen LogP contribution in [0, 0.1) is 13.8 Å². The molecule has 4 aromatic rings. The van der Waals surface area contributed by atoms with Crippen LogP contribution in [0.3, 0.4) is 0 Å². The molecule has 1 aromatic carbocycles. The van der Waals surface area contributed by atoms with E-state index in [0.717, 1.165) is 16.9 Å². The molecule has 10 heteroatoms. The number of hydrogen-bond donors (Lipinski definition) is 2. The van der Waals surface area contributed by atoms with Gasteiger partial charge in [-0.05, 0) is 62.2 Å². The number of anilines is 1. The molecule has 2 N–H and O–H groups in total. The van der Waals surface area contributed by atoms with Crippen LogP contribution in [-0.2, 0) is 19.8 Å². The summed E-state index contributed by atoms with van der Waals surface area (Å²) in [7, 11) is 0. The van der Waals surface area contributed by atoms with Crippen molar-refractivity contribution >= 4 is 17.5 Å². The van der Waals surface area contributed by atoms with Gasteiger partial charge in [-0.25, -0.2) is 4.68 Å². The van der Waals surface area contributed by atoms with E-state index in [4.69, 9.17) is 9.15 Å². The maximum Gasteiger partial charge on any atom is 0.276 e. The summed E-state index contributed by atoms with van der Waals surface area (Å²) in [5.41, 5.74) is 2.80. The Morgan fingerprint density at radius 3 is 2.56 bits per heavy atom. The molecule has 10 nitrogen and oxygen atoms in total. The fourth-order valence-corrected chi connectivity index (χ4v) is 3.40. The van der Waals surface area contributed by atoms with Crippen LogP contribution in [0.5, 0.6) is 5.75 Å². The molecule has 2 amide bonds. The summed E-state index contributed by atoms with van der Waals surface area (Å²) in [6.07, 6.45) is 4.80. The van der Waals surface area contributed by atoms with Crippen LogP contribution in [0.1, 0.15) is 44.8 Å². The zero-order chi connectivity index (χ0) is 24.1. The van der Waals surface area contributed by atoms with Gasteiger partial charge in [-0.1, -0.05) is 6.07 Å². The molecule has 0 radical (unpaired) electrons. The first-order chi connectivity index (χ1) is 16.4. The number of benzene rings is 1. The Morgan fingerprint density at radius 1 is 1.06 bits per heavy atom. The molecule has 0 bridgehead atoms. The minimum Gasteiger partial charge on any atom is -0.471 e. The van der Waals surface area contributed by atoms with E-state index in [0.29, 0.717) is 18.0 Å². The van der Waals surface area contributed by atoms with Crippen LogP contribution in [-0.4, -0.2) is 31.4 Å². The maximum absolute atomic E-state index is 12.8. The summed E-state index contributed by atoms with van der Waals surface area (Å²) in [5, 5.41) is 14.0. The molecule has 0 saturated heterocycles. The number of hydrogen-bond acceptors (Lipinski definition) is 6. The largest absolute Gasteiger partial charge is 0.471 e. The molecule has 0 atom stereocenters. The molecule has 0 spiro atoms. The fourth-order valence-electron chi connectivity index (χ4n) is 3.40. The molecular weight excluding hydrogens is 436 g/mol. The lowest BCUT2D eigenvalue weighted by molar-refractivity contribution is 0.0943. The molecule has 0 saturated carbocycles. The van der Waals surface area contributed by atoms with Crippen molar-refractivity contribution in [2.75, 3.05) is 5.32 Å². The van der Waals surface area contributed by atoms with Crippen molar-refractivity contribution in [1.29, 1.82) is 0 Å². The van der Waals surface area contributed by atoms with Crippen LogP contribution in [0.2, 0.25) is 0 Å². The van der Waals surface area contributed by atoms with Crippen molar-refractivity contribution in [3.8, 4) is 5.75 Å². The molecule has 3 heterocycles. The SMILES string of the molecule is CCn1cc(NC(=O)c2ccn(COc3cc(C)cc(C)c3)n2)c(C(=O)NCc2ccco2)n1. The van der Waals surface area contributed by atoms with Gasteiger partial charge in [-0.15, -0.1) is 0 Å². The maximum atomic E-state index is 12.8. The lowest BCUT2D eigenvalue weighted by Gasteiger charge is -2.08. The third kappa shape index (κ3) is 5.52. The number of carbonyl (C=O) groups excluding carboxylic acids is 2. The van der Waals surface area contributed by atoms with Gasteiger partial charge in [0.15, 0.2) is 18.1 Å². The van der Waals surface area contributed by atoms with E-state index in [9.17, 15) is 9.59 Å². The Hall–Kier alpha value is -4.34. The Balaban J connectivity index is 1.41. The van der Waals surface area contributed by atoms with Gasteiger partial charge in [0.2, 0.25) is 0 Å². The van der Waals surface area contributed by atoms with Gasteiger partial charge in [0, 0.05) is 18.9 Å². The Bertz CT molecular complexity index is 1270. The second-order valence-corrected chi connectivity index (χ2v) is 7.80. The third-order valence-electron chi connectivity index (χ3n) is 4.98. The monoisotopic (exact) mass is 462 g/mol.